The van der Waals surface area contributed by atoms with Crippen molar-refractivity contribution in [3.8, 4) is 23.0 Å². The monoisotopic (exact) mass is 569 g/mol. The maximum absolute atomic E-state index is 12.7. The highest BCUT2D eigenvalue weighted by Crippen LogP contribution is 2.29. The summed E-state index contributed by atoms with van der Waals surface area (Å²) in [6, 6.07) is 16.1. The van der Waals surface area contributed by atoms with E-state index in [2.05, 4.69) is 31.8 Å². The van der Waals surface area contributed by atoms with Gasteiger partial charge in [0.05, 0.1) is 39.7 Å². The van der Waals surface area contributed by atoms with Crippen molar-refractivity contribution >= 4 is 39.9 Å². The van der Waals surface area contributed by atoms with Crippen LogP contribution in [0.1, 0.15) is 26.3 Å². The predicted octanol–water partition coefficient (Wildman–Crippen LogP) is 3.57. The Morgan fingerprint density at radius 1 is 0.838 bits per heavy atom. The molecule has 0 unspecified atom stereocenters. The normalized spacial score (nSPS) is 10.5. The molecule has 0 saturated carbocycles. The van der Waals surface area contributed by atoms with Crippen LogP contribution in [-0.4, -0.2) is 51.9 Å². The van der Waals surface area contributed by atoms with Crippen LogP contribution in [0.5, 0.6) is 23.0 Å². The Labute approximate surface area is 221 Å². The summed E-state index contributed by atoms with van der Waals surface area (Å²) in [5.41, 5.74) is 3.38. The third kappa shape index (κ3) is 7.55. The smallest absolute Gasteiger partial charge is 0.343 e. The molecule has 3 aromatic rings. The van der Waals surface area contributed by atoms with Gasteiger partial charge in [0.25, 0.3) is 11.8 Å². The van der Waals surface area contributed by atoms with E-state index in [9.17, 15) is 14.4 Å². The fourth-order valence-corrected chi connectivity index (χ4v) is 3.43. The SMILES string of the molecule is COc1ccc(C(=O)NCC(=O)N/N=C/c2cc(Br)ccc2OC(=O)c2ccc(OC)c(OC)c2)cc1. The van der Waals surface area contributed by atoms with Crippen LogP contribution < -0.4 is 29.7 Å². The molecule has 0 fully saturated rings. The lowest BCUT2D eigenvalue weighted by molar-refractivity contribution is -0.120. The van der Waals surface area contributed by atoms with E-state index in [-0.39, 0.29) is 17.9 Å². The summed E-state index contributed by atoms with van der Waals surface area (Å²) < 4.78 is 21.7. The molecule has 10 nitrogen and oxygen atoms in total. The molecule has 0 saturated heterocycles. The fraction of sp³-hybridized carbons (Fsp3) is 0.154. The molecule has 0 spiro atoms. The standard InChI is InChI=1S/C26H24BrN3O7/c1-34-20-8-4-16(5-9-20)25(32)28-15-24(31)30-29-14-18-12-19(27)7-11-21(18)37-26(33)17-6-10-22(35-2)23(13-17)36-3/h4-14H,15H2,1-3H3,(H,28,32)(H,30,31)/b29-14+. The van der Waals surface area contributed by atoms with E-state index in [1.807, 2.05) is 0 Å². The third-order valence-electron chi connectivity index (χ3n) is 4.95. The van der Waals surface area contributed by atoms with Gasteiger partial charge in [-0.05, 0) is 60.7 Å². The Kier molecular flexibility index (Phi) is 9.61. The first-order chi connectivity index (χ1) is 17.8. The number of carbonyl (C=O) groups is 3. The van der Waals surface area contributed by atoms with Crippen molar-refractivity contribution in [3.05, 3.63) is 81.8 Å². The average molecular weight is 570 g/mol. The van der Waals surface area contributed by atoms with Crippen molar-refractivity contribution in [2.75, 3.05) is 27.9 Å². The topological polar surface area (TPSA) is 125 Å². The molecule has 2 N–H and O–H groups in total. The van der Waals surface area contributed by atoms with Crippen LogP contribution in [0.25, 0.3) is 0 Å². The maximum atomic E-state index is 12.7. The summed E-state index contributed by atoms with van der Waals surface area (Å²) in [6.07, 6.45) is 1.32. The Morgan fingerprint density at radius 2 is 1.51 bits per heavy atom. The maximum Gasteiger partial charge on any atom is 0.343 e. The van der Waals surface area contributed by atoms with Gasteiger partial charge in [0.2, 0.25) is 0 Å². The average Bonchev–Trinajstić information content (AvgIpc) is 2.92. The minimum absolute atomic E-state index is 0.216. The lowest BCUT2D eigenvalue weighted by Crippen LogP contribution is -2.34. The second-order valence-electron chi connectivity index (χ2n) is 7.35. The number of nitrogens with zero attached hydrogens (tertiary/aromatic N) is 1. The zero-order chi connectivity index (χ0) is 26.8. The Bertz CT molecular complexity index is 1310. The molecule has 0 bridgehead atoms. The molecule has 0 radical (unpaired) electrons. The highest BCUT2D eigenvalue weighted by Gasteiger charge is 2.15. The van der Waals surface area contributed by atoms with Gasteiger partial charge in [-0.25, -0.2) is 10.2 Å². The van der Waals surface area contributed by atoms with Crippen molar-refractivity contribution in [2.24, 2.45) is 5.10 Å². The van der Waals surface area contributed by atoms with Crippen LogP contribution in [0.4, 0.5) is 0 Å². The van der Waals surface area contributed by atoms with Crippen LogP contribution in [0.15, 0.2) is 70.2 Å². The summed E-state index contributed by atoms with van der Waals surface area (Å²) in [4.78, 5) is 37.0. The van der Waals surface area contributed by atoms with Crippen LogP contribution in [0.2, 0.25) is 0 Å². The molecule has 2 amide bonds. The number of rotatable bonds is 10. The zero-order valence-corrected chi connectivity index (χ0v) is 21.8. The van der Waals surface area contributed by atoms with Gasteiger partial charge in [0.15, 0.2) is 11.5 Å². The van der Waals surface area contributed by atoms with Crippen LogP contribution in [0.3, 0.4) is 0 Å². The van der Waals surface area contributed by atoms with Gasteiger partial charge in [0, 0.05) is 15.6 Å². The first-order valence-corrected chi connectivity index (χ1v) is 11.6. The minimum Gasteiger partial charge on any atom is -0.497 e. The number of esters is 1. The first kappa shape index (κ1) is 27.2. The van der Waals surface area contributed by atoms with Gasteiger partial charge in [-0.3, -0.25) is 9.59 Å². The van der Waals surface area contributed by atoms with Gasteiger partial charge < -0.3 is 24.3 Å². The van der Waals surface area contributed by atoms with E-state index < -0.39 is 17.8 Å². The number of carbonyl (C=O) groups excluding carboxylic acids is 3. The van der Waals surface area contributed by atoms with Gasteiger partial charge in [-0.2, -0.15) is 5.10 Å². The van der Waals surface area contributed by atoms with Gasteiger partial charge in [-0.15, -0.1) is 0 Å². The van der Waals surface area contributed by atoms with Crippen LogP contribution in [0, 0.1) is 0 Å². The van der Waals surface area contributed by atoms with Crippen molar-refractivity contribution in [1.29, 1.82) is 0 Å². The highest BCUT2D eigenvalue weighted by atomic mass is 79.9. The van der Waals surface area contributed by atoms with E-state index in [4.69, 9.17) is 18.9 Å². The van der Waals surface area contributed by atoms with Gasteiger partial charge >= 0.3 is 5.97 Å². The molecule has 3 rings (SSSR count). The molecule has 0 aliphatic heterocycles. The summed E-state index contributed by atoms with van der Waals surface area (Å²) in [5.74, 6) is 0.111. The number of ether oxygens (including phenoxy) is 4. The lowest BCUT2D eigenvalue weighted by atomic mass is 10.2. The summed E-state index contributed by atoms with van der Waals surface area (Å²) >= 11 is 3.36. The second-order valence-corrected chi connectivity index (χ2v) is 8.26. The Balaban J connectivity index is 1.61. The molecule has 11 heteroatoms. The Morgan fingerprint density at radius 3 is 2.19 bits per heavy atom. The molecular formula is C26H24BrN3O7. The second kappa shape index (κ2) is 13.1. The predicted molar refractivity (Wildman–Crippen MR) is 140 cm³/mol. The summed E-state index contributed by atoms with van der Waals surface area (Å²) in [5, 5.41) is 6.41. The number of hydrogen-bond donors (Lipinski definition) is 2. The van der Waals surface area contributed by atoms with E-state index in [0.717, 1.165) is 0 Å². The van der Waals surface area contributed by atoms with Crippen molar-refractivity contribution < 1.29 is 33.3 Å². The van der Waals surface area contributed by atoms with Crippen molar-refractivity contribution in [3.63, 3.8) is 0 Å². The molecule has 3 aromatic carbocycles. The number of benzene rings is 3. The largest absolute Gasteiger partial charge is 0.497 e. The van der Waals surface area contributed by atoms with E-state index in [1.54, 1.807) is 54.6 Å². The van der Waals surface area contributed by atoms with E-state index >= 15 is 0 Å². The van der Waals surface area contributed by atoms with Crippen LogP contribution in [-0.2, 0) is 4.79 Å². The van der Waals surface area contributed by atoms with Crippen molar-refractivity contribution in [2.45, 2.75) is 0 Å². The molecule has 0 aliphatic carbocycles. The van der Waals surface area contributed by atoms with Gasteiger partial charge in [-0.1, -0.05) is 15.9 Å². The highest BCUT2D eigenvalue weighted by molar-refractivity contribution is 9.10. The Hall–Kier alpha value is -4.38. The van der Waals surface area contributed by atoms with Gasteiger partial charge in [0.1, 0.15) is 11.5 Å². The van der Waals surface area contributed by atoms with E-state index in [0.29, 0.717) is 32.8 Å². The number of halogens is 1. The quantitative estimate of drug-likeness (QED) is 0.165. The number of hydrazone groups is 1. The van der Waals surface area contributed by atoms with E-state index in [1.165, 1.54) is 33.6 Å². The summed E-state index contributed by atoms with van der Waals surface area (Å²) in [7, 11) is 4.49. The number of nitrogens with one attached hydrogen (secondary N) is 2. The molecule has 37 heavy (non-hydrogen) atoms. The molecular weight excluding hydrogens is 546 g/mol. The number of hydrogen-bond acceptors (Lipinski definition) is 8. The molecule has 192 valence electrons. The lowest BCUT2D eigenvalue weighted by Gasteiger charge is -2.11. The molecule has 0 aliphatic rings. The van der Waals surface area contributed by atoms with Crippen molar-refractivity contribution in [1.82, 2.24) is 10.7 Å². The molecule has 0 aromatic heterocycles. The van der Waals surface area contributed by atoms with Crippen LogP contribution >= 0.6 is 15.9 Å². The summed E-state index contributed by atoms with van der Waals surface area (Å²) in [6.45, 7) is -0.290. The zero-order valence-electron chi connectivity index (χ0n) is 20.2. The molecule has 0 heterocycles. The number of methoxy groups -OCH3 is 3. The molecule has 0 atom stereocenters. The number of amides is 2. The fourth-order valence-electron chi connectivity index (χ4n) is 3.05. The minimum atomic E-state index is -0.622. The first-order valence-electron chi connectivity index (χ1n) is 10.8. The third-order valence-corrected chi connectivity index (χ3v) is 5.44.